The van der Waals surface area contributed by atoms with Gasteiger partial charge in [-0.2, -0.15) is 0 Å². The number of nitrogens with two attached hydrogens (primary N) is 1. The normalized spacial score (nSPS) is 22.1. The summed E-state index contributed by atoms with van der Waals surface area (Å²) in [5, 5.41) is 9.74. The van der Waals surface area contributed by atoms with Crippen molar-refractivity contribution in [3.8, 4) is 5.75 Å². The van der Waals surface area contributed by atoms with E-state index in [0.29, 0.717) is 6.10 Å². The van der Waals surface area contributed by atoms with Gasteiger partial charge in [0.1, 0.15) is 11.6 Å². The minimum Gasteiger partial charge on any atom is -0.490 e. The van der Waals surface area contributed by atoms with E-state index in [2.05, 4.69) is 6.92 Å². The molecule has 1 saturated carbocycles. The predicted molar refractivity (Wildman–Crippen MR) is 87.0 cm³/mol. The van der Waals surface area contributed by atoms with Crippen molar-refractivity contribution >= 4 is 16.6 Å². The molecule has 1 aliphatic carbocycles. The van der Waals surface area contributed by atoms with Crippen molar-refractivity contribution in [3.63, 3.8) is 0 Å². The van der Waals surface area contributed by atoms with Crippen LogP contribution in [0.2, 0.25) is 0 Å². The van der Waals surface area contributed by atoms with Crippen molar-refractivity contribution in [1.82, 2.24) is 0 Å². The van der Waals surface area contributed by atoms with E-state index in [9.17, 15) is 0 Å². The van der Waals surface area contributed by atoms with E-state index in [4.69, 9.17) is 15.9 Å². The molecule has 3 rings (SSSR count). The first-order valence-electron chi connectivity index (χ1n) is 7.68. The number of hydrogen-bond donors (Lipinski definition) is 2. The Morgan fingerprint density at radius 2 is 1.71 bits per heavy atom. The van der Waals surface area contributed by atoms with E-state index < -0.39 is 0 Å². The first-order valence-corrected chi connectivity index (χ1v) is 7.68. The summed E-state index contributed by atoms with van der Waals surface area (Å²) in [7, 11) is 0. The van der Waals surface area contributed by atoms with Crippen LogP contribution in [0.3, 0.4) is 0 Å². The van der Waals surface area contributed by atoms with E-state index >= 15 is 0 Å². The molecule has 0 saturated heterocycles. The molecule has 0 heterocycles. The maximum atomic E-state index is 7.70. The summed E-state index contributed by atoms with van der Waals surface area (Å²) >= 11 is 0. The molecule has 3 nitrogen and oxygen atoms in total. The third-order valence-electron chi connectivity index (χ3n) is 4.43. The van der Waals surface area contributed by atoms with Crippen LogP contribution < -0.4 is 10.5 Å². The van der Waals surface area contributed by atoms with Gasteiger partial charge in [-0.05, 0) is 49.1 Å². The molecule has 0 atom stereocenters. The molecule has 21 heavy (non-hydrogen) atoms. The molecule has 0 unspecified atom stereocenters. The van der Waals surface area contributed by atoms with Crippen LogP contribution in [-0.2, 0) is 0 Å². The molecule has 1 fully saturated rings. The van der Waals surface area contributed by atoms with Gasteiger partial charge in [-0.1, -0.05) is 31.2 Å². The quantitative estimate of drug-likeness (QED) is 0.658. The van der Waals surface area contributed by atoms with Crippen molar-refractivity contribution < 1.29 is 4.74 Å². The van der Waals surface area contributed by atoms with Gasteiger partial charge in [-0.15, -0.1) is 0 Å². The first-order chi connectivity index (χ1) is 10.1. The van der Waals surface area contributed by atoms with Gasteiger partial charge < -0.3 is 10.5 Å². The van der Waals surface area contributed by atoms with Gasteiger partial charge in [-0.25, -0.2) is 0 Å². The highest BCUT2D eigenvalue weighted by Gasteiger charge is 2.20. The minimum absolute atomic E-state index is 0.101. The summed E-state index contributed by atoms with van der Waals surface area (Å²) in [6, 6.07) is 11.9. The smallest absolute Gasteiger partial charge is 0.127 e. The fourth-order valence-corrected chi connectivity index (χ4v) is 3.14. The molecule has 110 valence electrons. The lowest BCUT2D eigenvalue weighted by molar-refractivity contribution is 0.137. The van der Waals surface area contributed by atoms with Gasteiger partial charge in [0.15, 0.2) is 0 Å². The highest BCUT2D eigenvalue weighted by atomic mass is 16.5. The maximum Gasteiger partial charge on any atom is 0.127 e. The fourth-order valence-electron chi connectivity index (χ4n) is 3.14. The summed E-state index contributed by atoms with van der Waals surface area (Å²) in [6.07, 6.45) is 5.06. The van der Waals surface area contributed by atoms with Crippen LogP contribution in [0.4, 0.5) is 0 Å². The topological polar surface area (TPSA) is 59.1 Å². The summed E-state index contributed by atoms with van der Waals surface area (Å²) in [6.45, 7) is 2.31. The lowest BCUT2D eigenvalue weighted by atomic mass is 9.89. The van der Waals surface area contributed by atoms with Crippen LogP contribution in [0.5, 0.6) is 5.75 Å². The Morgan fingerprint density at radius 3 is 2.38 bits per heavy atom. The molecule has 2 aromatic carbocycles. The molecule has 0 spiro atoms. The zero-order chi connectivity index (χ0) is 14.8. The number of ether oxygens (including phenoxy) is 1. The van der Waals surface area contributed by atoms with Crippen molar-refractivity contribution in [1.29, 1.82) is 5.41 Å². The van der Waals surface area contributed by atoms with Crippen molar-refractivity contribution in [2.24, 2.45) is 11.7 Å². The Balaban J connectivity index is 1.93. The Labute approximate surface area is 125 Å². The molecule has 2 aromatic rings. The van der Waals surface area contributed by atoms with Gasteiger partial charge >= 0.3 is 0 Å². The Hall–Kier alpha value is -2.03. The largest absolute Gasteiger partial charge is 0.490 e. The van der Waals surface area contributed by atoms with Crippen molar-refractivity contribution in [2.75, 3.05) is 0 Å². The van der Waals surface area contributed by atoms with Gasteiger partial charge in [-0.3, -0.25) is 5.41 Å². The molecular formula is C18H22N2O. The number of rotatable bonds is 3. The zero-order valence-corrected chi connectivity index (χ0v) is 12.4. The fraction of sp³-hybridized carbons (Fsp3) is 0.389. The maximum absolute atomic E-state index is 7.70. The Bertz CT molecular complexity index is 657. The van der Waals surface area contributed by atoms with E-state index in [1.54, 1.807) is 0 Å². The summed E-state index contributed by atoms with van der Waals surface area (Å²) in [5.74, 6) is 1.83. The molecule has 3 N–H and O–H groups in total. The molecular weight excluding hydrogens is 260 g/mol. The molecule has 3 heteroatoms. The van der Waals surface area contributed by atoms with E-state index in [-0.39, 0.29) is 5.84 Å². The van der Waals surface area contributed by atoms with Gasteiger partial charge in [0.2, 0.25) is 0 Å². The third kappa shape index (κ3) is 2.87. The lowest BCUT2D eigenvalue weighted by Gasteiger charge is -2.27. The predicted octanol–water partition coefficient (Wildman–Crippen LogP) is 4.08. The summed E-state index contributed by atoms with van der Waals surface area (Å²) in [5.41, 5.74) is 6.45. The first kappa shape index (κ1) is 13.9. The number of nitrogens with one attached hydrogen (secondary N) is 1. The number of fused-ring (bicyclic) bond motifs is 1. The highest BCUT2D eigenvalue weighted by molar-refractivity contribution is 6.09. The molecule has 0 radical (unpaired) electrons. The number of hydrogen-bond acceptors (Lipinski definition) is 2. The second-order valence-corrected chi connectivity index (χ2v) is 6.07. The van der Waals surface area contributed by atoms with Crippen LogP contribution >= 0.6 is 0 Å². The zero-order valence-electron chi connectivity index (χ0n) is 12.4. The molecule has 1 aliphatic rings. The van der Waals surface area contributed by atoms with Crippen molar-refractivity contribution in [2.45, 2.75) is 38.7 Å². The molecule has 0 amide bonds. The average Bonchev–Trinajstić information content (AvgIpc) is 2.49. The van der Waals surface area contributed by atoms with Crippen LogP contribution in [0.25, 0.3) is 10.8 Å². The average molecular weight is 282 g/mol. The lowest BCUT2D eigenvalue weighted by Crippen LogP contribution is -2.23. The summed E-state index contributed by atoms with van der Waals surface area (Å²) < 4.78 is 6.24. The van der Waals surface area contributed by atoms with Crippen molar-refractivity contribution in [3.05, 3.63) is 42.0 Å². The van der Waals surface area contributed by atoms with E-state index in [1.165, 1.54) is 12.8 Å². The number of nitrogen functional groups attached to an aromatic ring is 1. The standard InChI is InChI=1S/C18H22N2O/c1-12-6-8-13(9-7-12)21-17-11-10-16(18(19)20)14-4-2-3-5-15(14)17/h2-5,10-13H,6-9H2,1H3,(H3,19,20). The second kappa shape index (κ2) is 5.76. The Kier molecular flexibility index (Phi) is 3.82. The number of benzene rings is 2. The third-order valence-corrected chi connectivity index (χ3v) is 4.43. The minimum atomic E-state index is 0.101. The second-order valence-electron chi connectivity index (χ2n) is 6.07. The van der Waals surface area contributed by atoms with Crippen LogP contribution in [0.1, 0.15) is 38.2 Å². The van der Waals surface area contributed by atoms with Gasteiger partial charge in [0, 0.05) is 10.9 Å². The number of amidine groups is 1. The van der Waals surface area contributed by atoms with Crippen LogP contribution in [0.15, 0.2) is 36.4 Å². The van der Waals surface area contributed by atoms with Crippen LogP contribution in [-0.4, -0.2) is 11.9 Å². The van der Waals surface area contributed by atoms with E-state index in [1.807, 2.05) is 36.4 Å². The molecule has 0 aliphatic heterocycles. The molecule has 0 aromatic heterocycles. The SMILES string of the molecule is CC1CCC(Oc2ccc(C(=N)N)c3ccccc23)CC1. The highest BCUT2D eigenvalue weighted by Crippen LogP contribution is 2.32. The Morgan fingerprint density at radius 1 is 1.05 bits per heavy atom. The molecule has 0 bridgehead atoms. The van der Waals surface area contributed by atoms with Gasteiger partial charge in [0.25, 0.3) is 0 Å². The summed E-state index contributed by atoms with van der Waals surface area (Å²) in [4.78, 5) is 0. The monoisotopic (exact) mass is 282 g/mol. The van der Waals surface area contributed by atoms with Crippen LogP contribution in [0, 0.1) is 11.3 Å². The van der Waals surface area contributed by atoms with Gasteiger partial charge in [0.05, 0.1) is 6.10 Å². The van der Waals surface area contributed by atoms with E-state index in [0.717, 1.165) is 40.8 Å².